The standard InChI is InChI=1S/C14H25N3/c1-4-14(2,11-15)12-17(3)10-7-13-5-8-16-9-6-13/h5-6,8-9H,4,7,10-12,15H2,1-3H3. The summed E-state index contributed by atoms with van der Waals surface area (Å²) in [7, 11) is 2.17. The molecular weight excluding hydrogens is 210 g/mol. The van der Waals surface area contributed by atoms with Crippen molar-refractivity contribution in [1.82, 2.24) is 9.88 Å². The van der Waals surface area contributed by atoms with Crippen molar-refractivity contribution in [3.05, 3.63) is 30.1 Å². The van der Waals surface area contributed by atoms with Gasteiger partial charge in [-0.15, -0.1) is 0 Å². The molecule has 96 valence electrons. The predicted molar refractivity (Wildman–Crippen MR) is 72.9 cm³/mol. The zero-order valence-corrected chi connectivity index (χ0v) is 11.3. The van der Waals surface area contributed by atoms with E-state index in [4.69, 9.17) is 5.73 Å². The molecule has 1 heterocycles. The Morgan fingerprint density at radius 1 is 1.35 bits per heavy atom. The molecule has 3 nitrogen and oxygen atoms in total. The molecule has 0 radical (unpaired) electrons. The van der Waals surface area contributed by atoms with Gasteiger partial charge in [-0.2, -0.15) is 0 Å². The van der Waals surface area contributed by atoms with Crippen LogP contribution in [0.4, 0.5) is 0 Å². The van der Waals surface area contributed by atoms with Gasteiger partial charge in [-0.1, -0.05) is 13.8 Å². The molecule has 0 amide bonds. The number of hydrogen-bond acceptors (Lipinski definition) is 3. The van der Waals surface area contributed by atoms with Gasteiger partial charge in [-0.3, -0.25) is 4.98 Å². The maximum absolute atomic E-state index is 5.84. The van der Waals surface area contributed by atoms with Gasteiger partial charge in [-0.05, 0) is 49.5 Å². The van der Waals surface area contributed by atoms with Gasteiger partial charge in [0.15, 0.2) is 0 Å². The van der Waals surface area contributed by atoms with Gasteiger partial charge >= 0.3 is 0 Å². The Labute approximate surface area is 105 Å². The van der Waals surface area contributed by atoms with Crippen LogP contribution in [0.25, 0.3) is 0 Å². The zero-order valence-electron chi connectivity index (χ0n) is 11.3. The Kier molecular flexibility index (Phi) is 5.59. The second-order valence-corrected chi connectivity index (χ2v) is 5.21. The number of nitrogens with two attached hydrogens (primary N) is 1. The van der Waals surface area contributed by atoms with E-state index in [2.05, 4.69) is 42.9 Å². The molecule has 2 N–H and O–H groups in total. The fraction of sp³-hybridized carbons (Fsp3) is 0.643. The average molecular weight is 235 g/mol. The zero-order chi connectivity index (χ0) is 12.7. The number of hydrogen-bond donors (Lipinski definition) is 1. The van der Waals surface area contributed by atoms with Crippen molar-refractivity contribution in [2.24, 2.45) is 11.1 Å². The lowest BCUT2D eigenvalue weighted by molar-refractivity contribution is 0.193. The fourth-order valence-corrected chi connectivity index (χ4v) is 1.92. The summed E-state index contributed by atoms with van der Waals surface area (Å²) in [6.45, 7) is 7.35. The quantitative estimate of drug-likeness (QED) is 0.785. The molecule has 0 aliphatic heterocycles. The first-order valence-electron chi connectivity index (χ1n) is 6.37. The second kappa shape index (κ2) is 6.72. The molecule has 1 atom stereocenters. The summed E-state index contributed by atoms with van der Waals surface area (Å²) in [5, 5.41) is 0. The Bertz CT molecular complexity index is 307. The van der Waals surface area contributed by atoms with E-state index >= 15 is 0 Å². The molecular formula is C14H25N3. The van der Waals surface area contributed by atoms with Gasteiger partial charge in [0.05, 0.1) is 0 Å². The molecule has 1 rings (SSSR count). The minimum absolute atomic E-state index is 0.243. The molecule has 1 unspecified atom stereocenters. The summed E-state index contributed by atoms with van der Waals surface area (Å²) in [6.07, 6.45) is 5.91. The molecule has 0 fully saturated rings. The summed E-state index contributed by atoms with van der Waals surface area (Å²) >= 11 is 0. The van der Waals surface area contributed by atoms with Gasteiger partial charge in [0.25, 0.3) is 0 Å². The number of likely N-dealkylation sites (N-methyl/N-ethyl adjacent to an activating group) is 1. The van der Waals surface area contributed by atoms with Gasteiger partial charge in [0, 0.05) is 25.5 Å². The smallest absolute Gasteiger partial charge is 0.0270 e. The van der Waals surface area contributed by atoms with Crippen LogP contribution in [0.15, 0.2) is 24.5 Å². The predicted octanol–water partition coefficient (Wildman–Crippen LogP) is 1.93. The maximum atomic E-state index is 5.84. The van der Waals surface area contributed by atoms with Crippen molar-refractivity contribution in [2.45, 2.75) is 26.7 Å². The van der Waals surface area contributed by atoms with E-state index in [-0.39, 0.29) is 5.41 Å². The summed E-state index contributed by atoms with van der Waals surface area (Å²) < 4.78 is 0. The van der Waals surface area contributed by atoms with Crippen molar-refractivity contribution in [1.29, 1.82) is 0 Å². The fourth-order valence-electron chi connectivity index (χ4n) is 1.92. The highest BCUT2D eigenvalue weighted by molar-refractivity contribution is 5.09. The molecule has 1 aromatic rings. The molecule has 0 aromatic carbocycles. The van der Waals surface area contributed by atoms with E-state index in [0.29, 0.717) is 0 Å². The topological polar surface area (TPSA) is 42.1 Å². The molecule has 0 saturated heterocycles. The number of pyridine rings is 1. The van der Waals surface area contributed by atoms with Crippen molar-refractivity contribution in [3.8, 4) is 0 Å². The lowest BCUT2D eigenvalue weighted by atomic mass is 9.87. The van der Waals surface area contributed by atoms with Gasteiger partial charge in [0.2, 0.25) is 0 Å². The third kappa shape index (κ3) is 4.84. The highest BCUT2D eigenvalue weighted by Crippen LogP contribution is 2.20. The van der Waals surface area contributed by atoms with E-state index in [1.54, 1.807) is 0 Å². The molecule has 0 saturated carbocycles. The molecule has 3 heteroatoms. The van der Waals surface area contributed by atoms with E-state index in [9.17, 15) is 0 Å². The first-order valence-corrected chi connectivity index (χ1v) is 6.37. The molecule has 0 bridgehead atoms. The highest BCUT2D eigenvalue weighted by atomic mass is 15.1. The number of aromatic nitrogens is 1. The molecule has 0 aliphatic carbocycles. The number of nitrogens with zero attached hydrogens (tertiary/aromatic N) is 2. The minimum atomic E-state index is 0.243. The average Bonchev–Trinajstić information content (AvgIpc) is 2.37. The highest BCUT2D eigenvalue weighted by Gasteiger charge is 2.21. The van der Waals surface area contributed by atoms with Crippen LogP contribution in [0.3, 0.4) is 0 Å². The Morgan fingerprint density at radius 3 is 2.53 bits per heavy atom. The van der Waals surface area contributed by atoms with Gasteiger partial charge < -0.3 is 10.6 Å². The van der Waals surface area contributed by atoms with Crippen LogP contribution in [0.1, 0.15) is 25.8 Å². The maximum Gasteiger partial charge on any atom is 0.0270 e. The third-order valence-corrected chi connectivity index (χ3v) is 3.53. The van der Waals surface area contributed by atoms with E-state index < -0.39 is 0 Å². The summed E-state index contributed by atoms with van der Waals surface area (Å²) in [5.41, 5.74) is 7.43. The van der Waals surface area contributed by atoms with Crippen molar-refractivity contribution in [2.75, 3.05) is 26.7 Å². The normalized spacial score (nSPS) is 14.9. The summed E-state index contributed by atoms with van der Waals surface area (Å²) in [5.74, 6) is 0. The van der Waals surface area contributed by atoms with E-state index in [1.165, 1.54) is 5.56 Å². The van der Waals surface area contributed by atoms with Crippen molar-refractivity contribution >= 4 is 0 Å². The molecule has 1 aromatic heterocycles. The Hall–Kier alpha value is -0.930. The van der Waals surface area contributed by atoms with Crippen molar-refractivity contribution in [3.63, 3.8) is 0 Å². The van der Waals surface area contributed by atoms with Crippen LogP contribution >= 0.6 is 0 Å². The first-order chi connectivity index (χ1) is 8.09. The van der Waals surface area contributed by atoms with Crippen LogP contribution < -0.4 is 5.73 Å². The first kappa shape index (κ1) is 14.1. The third-order valence-electron chi connectivity index (χ3n) is 3.53. The lowest BCUT2D eigenvalue weighted by Gasteiger charge is -2.31. The van der Waals surface area contributed by atoms with Crippen LogP contribution in [0.2, 0.25) is 0 Å². The Morgan fingerprint density at radius 2 is 2.00 bits per heavy atom. The SMILES string of the molecule is CCC(C)(CN)CN(C)CCc1ccncc1. The minimum Gasteiger partial charge on any atom is -0.330 e. The summed E-state index contributed by atoms with van der Waals surface area (Å²) in [6, 6.07) is 4.16. The largest absolute Gasteiger partial charge is 0.330 e. The molecule has 17 heavy (non-hydrogen) atoms. The second-order valence-electron chi connectivity index (χ2n) is 5.21. The van der Waals surface area contributed by atoms with Crippen LogP contribution in [0, 0.1) is 5.41 Å². The number of rotatable bonds is 7. The lowest BCUT2D eigenvalue weighted by Crippen LogP contribution is -2.39. The monoisotopic (exact) mass is 235 g/mol. The van der Waals surface area contributed by atoms with Gasteiger partial charge in [0.1, 0.15) is 0 Å². The van der Waals surface area contributed by atoms with Crippen LogP contribution in [-0.2, 0) is 6.42 Å². The van der Waals surface area contributed by atoms with E-state index in [0.717, 1.165) is 32.5 Å². The van der Waals surface area contributed by atoms with Crippen LogP contribution in [0.5, 0.6) is 0 Å². The summed E-state index contributed by atoms with van der Waals surface area (Å²) in [4.78, 5) is 6.40. The van der Waals surface area contributed by atoms with Gasteiger partial charge in [-0.25, -0.2) is 0 Å². The van der Waals surface area contributed by atoms with Crippen LogP contribution in [-0.4, -0.2) is 36.6 Å². The van der Waals surface area contributed by atoms with Crippen molar-refractivity contribution < 1.29 is 0 Å². The molecule has 0 spiro atoms. The molecule has 0 aliphatic rings. The Balaban J connectivity index is 2.37. The van der Waals surface area contributed by atoms with E-state index in [1.807, 2.05) is 12.4 Å².